The summed E-state index contributed by atoms with van der Waals surface area (Å²) in [6.07, 6.45) is 7.24. The molecule has 1 aromatic heterocycles. The number of rotatable bonds is 7. The second kappa shape index (κ2) is 13.5. The van der Waals surface area contributed by atoms with Crippen LogP contribution >= 0.6 is 24.0 Å². The predicted octanol–water partition coefficient (Wildman–Crippen LogP) is 4.33. The number of nitrogens with one attached hydrogen (secondary N) is 2. The first-order chi connectivity index (χ1) is 13.8. The van der Waals surface area contributed by atoms with Crippen molar-refractivity contribution < 1.29 is 0 Å². The lowest BCUT2D eigenvalue weighted by atomic mass is 10.1. The lowest BCUT2D eigenvalue weighted by molar-refractivity contribution is 0.277. The number of hydrogen-bond acceptors (Lipinski definition) is 3. The summed E-state index contributed by atoms with van der Waals surface area (Å²) in [6.45, 7) is 7.76. The molecule has 1 fully saturated rings. The third-order valence-electron chi connectivity index (χ3n) is 5.02. The van der Waals surface area contributed by atoms with Gasteiger partial charge in [-0.25, -0.2) is 4.99 Å². The summed E-state index contributed by atoms with van der Waals surface area (Å²) in [7, 11) is 0. The van der Waals surface area contributed by atoms with Gasteiger partial charge in [0, 0.05) is 19.3 Å². The highest BCUT2D eigenvalue weighted by atomic mass is 127. The molecule has 0 amide bonds. The topological polar surface area (TPSA) is 52.6 Å². The molecule has 2 heterocycles. The lowest BCUT2D eigenvalue weighted by Crippen LogP contribution is -2.37. The average Bonchev–Trinajstić information content (AvgIpc) is 3.00. The Hall–Kier alpha value is -1.67. The van der Waals surface area contributed by atoms with E-state index in [2.05, 4.69) is 51.7 Å². The Bertz CT molecular complexity index is 727. The number of guanidine groups is 1. The van der Waals surface area contributed by atoms with Crippen molar-refractivity contribution in [2.45, 2.75) is 52.2 Å². The van der Waals surface area contributed by atoms with E-state index < -0.39 is 0 Å². The zero-order valence-electron chi connectivity index (χ0n) is 17.4. The third-order valence-corrected chi connectivity index (χ3v) is 5.02. The SMILES string of the molecule is CCNC(=NCc1cccc(CN2CCCCCC2)c1)NCc1ccccn1.I. The van der Waals surface area contributed by atoms with Gasteiger partial charge in [0.2, 0.25) is 0 Å². The largest absolute Gasteiger partial charge is 0.357 e. The molecule has 6 heteroatoms. The smallest absolute Gasteiger partial charge is 0.191 e. The van der Waals surface area contributed by atoms with Gasteiger partial charge >= 0.3 is 0 Å². The molecular formula is C23H34IN5. The van der Waals surface area contributed by atoms with Crippen LogP contribution in [0.1, 0.15) is 49.4 Å². The minimum Gasteiger partial charge on any atom is -0.357 e. The fourth-order valence-corrected chi connectivity index (χ4v) is 3.57. The van der Waals surface area contributed by atoms with Gasteiger partial charge < -0.3 is 10.6 Å². The van der Waals surface area contributed by atoms with Gasteiger partial charge in [0.05, 0.1) is 18.8 Å². The molecule has 2 N–H and O–H groups in total. The van der Waals surface area contributed by atoms with Gasteiger partial charge in [0.1, 0.15) is 0 Å². The molecule has 158 valence electrons. The van der Waals surface area contributed by atoms with E-state index in [0.717, 1.165) is 24.7 Å². The minimum absolute atomic E-state index is 0. The number of aromatic nitrogens is 1. The van der Waals surface area contributed by atoms with Crippen molar-refractivity contribution in [3.63, 3.8) is 0 Å². The van der Waals surface area contributed by atoms with Crippen molar-refractivity contribution in [2.75, 3.05) is 19.6 Å². The van der Waals surface area contributed by atoms with Crippen LogP contribution in [-0.4, -0.2) is 35.5 Å². The zero-order valence-corrected chi connectivity index (χ0v) is 19.8. The Morgan fingerprint density at radius 3 is 2.52 bits per heavy atom. The van der Waals surface area contributed by atoms with E-state index in [1.165, 1.54) is 49.9 Å². The number of halogens is 1. The molecule has 0 bridgehead atoms. The molecule has 0 aliphatic carbocycles. The molecule has 1 aliphatic heterocycles. The standard InChI is InChI=1S/C23H33N5.HI/c1-2-24-23(27-18-22-12-5-6-13-25-22)26-17-20-10-9-11-21(16-20)19-28-14-7-3-4-8-15-28;/h5-6,9-13,16H,2-4,7-8,14-15,17-19H2,1H3,(H2,24,26,27);1H. The molecule has 0 unspecified atom stereocenters. The van der Waals surface area contributed by atoms with Crippen molar-refractivity contribution in [3.05, 3.63) is 65.5 Å². The first-order valence-electron chi connectivity index (χ1n) is 10.6. The van der Waals surface area contributed by atoms with E-state index in [9.17, 15) is 0 Å². The first kappa shape index (κ1) is 23.6. The van der Waals surface area contributed by atoms with Crippen molar-refractivity contribution in [1.29, 1.82) is 0 Å². The molecule has 2 aromatic rings. The fourth-order valence-electron chi connectivity index (χ4n) is 3.57. The minimum atomic E-state index is 0. The van der Waals surface area contributed by atoms with Crippen LogP contribution in [0.15, 0.2) is 53.7 Å². The molecule has 1 aromatic carbocycles. The summed E-state index contributed by atoms with van der Waals surface area (Å²) < 4.78 is 0. The van der Waals surface area contributed by atoms with Gasteiger partial charge in [0.15, 0.2) is 5.96 Å². The summed E-state index contributed by atoms with van der Waals surface area (Å²) in [5, 5.41) is 6.68. The number of nitrogens with zero attached hydrogens (tertiary/aromatic N) is 3. The Kier molecular flexibility index (Phi) is 11.0. The van der Waals surface area contributed by atoms with E-state index in [0.29, 0.717) is 13.1 Å². The number of likely N-dealkylation sites (tertiary alicyclic amines) is 1. The van der Waals surface area contributed by atoms with E-state index in [1.54, 1.807) is 0 Å². The van der Waals surface area contributed by atoms with Gasteiger partial charge in [-0.15, -0.1) is 24.0 Å². The average molecular weight is 507 g/mol. The van der Waals surface area contributed by atoms with Gasteiger partial charge in [-0.1, -0.05) is 43.2 Å². The quantitative estimate of drug-likeness (QED) is 0.333. The van der Waals surface area contributed by atoms with Crippen LogP contribution in [0.25, 0.3) is 0 Å². The first-order valence-corrected chi connectivity index (χ1v) is 10.6. The highest BCUT2D eigenvalue weighted by molar-refractivity contribution is 14.0. The molecule has 0 radical (unpaired) electrons. The van der Waals surface area contributed by atoms with Crippen molar-refractivity contribution >= 4 is 29.9 Å². The highest BCUT2D eigenvalue weighted by Crippen LogP contribution is 2.14. The maximum Gasteiger partial charge on any atom is 0.191 e. The van der Waals surface area contributed by atoms with E-state index >= 15 is 0 Å². The van der Waals surface area contributed by atoms with Gasteiger partial charge in [-0.3, -0.25) is 9.88 Å². The van der Waals surface area contributed by atoms with Crippen molar-refractivity contribution in [3.8, 4) is 0 Å². The maximum atomic E-state index is 4.75. The molecular weight excluding hydrogens is 473 g/mol. The van der Waals surface area contributed by atoms with Crippen LogP contribution in [0.2, 0.25) is 0 Å². The number of benzene rings is 1. The fraction of sp³-hybridized carbons (Fsp3) is 0.478. The summed E-state index contributed by atoms with van der Waals surface area (Å²) in [5.41, 5.74) is 3.65. The summed E-state index contributed by atoms with van der Waals surface area (Å²) in [6, 6.07) is 14.8. The van der Waals surface area contributed by atoms with Gasteiger partial charge in [-0.2, -0.15) is 0 Å². The summed E-state index contributed by atoms with van der Waals surface area (Å²) >= 11 is 0. The number of pyridine rings is 1. The monoisotopic (exact) mass is 507 g/mol. The van der Waals surface area contributed by atoms with Crippen LogP contribution in [0.4, 0.5) is 0 Å². The van der Waals surface area contributed by atoms with Crippen LogP contribution in [0.3, 0.4) is 0 Å². The Balaban J connectivity index is 0.00000300. The Morgan fingerprint density at radius 2 is 1.79 bits per heavy atom. The van der Waals surface area contributed by atoms with Gasteiger partial charge in [-0.05, 0) is 56.1 Å². The second-order valence-corrected chi connectivity index (χ2v) is 7.38. The zero-order chi connectivity index (χ0) is 19.4. The van der Waals surface area contributed by atoms with Crippen molar-refractivity contribution in [2.24, 2.45) is 4.99 Å². The second-order valence-electron chi connectivity index (χ2n) is 7.38. The van der Waals surface area contributed by atoms with Crippen LogP contribution in [0.5, 0.6) is 0 Å². The van der Waals surface area contributed by atoms with Crippen LogP contribution in [-0.2, 0) is 19.6 Å². The predicted molar refractivity (Wildman–Crippen MR) is 131 cm³/mol. The molecule has 0 spiro atoms. The van der Waals surface area contributed by atoms with E-state index in [4.69, 9.17) is 4.99 Å². The van der Waals surface area contributed by atoms with Crippen LogP contribution < -0.4 is 10.6 Å². The summed E-state index contributed by atoms with van der Waals surface area (Å²) in [4.78, 5) is 11.7. The number of aliphatic imine (C=N–C) groups is 1. The van der Waals surface area contributed by atoms with E-state index in [1.807, 2.05) is 24.4 Å². The molecule has 5 nitrogen and oxygen atoms in total. The normalized spacial score (nSPS) is 15.3. The van der Waals surface area contributed by atoms with Crippen molar-refractivity contribution in [1.82, 2.24) is 20.5 Å². The molecule has 1 saturated heterocycles. The molecule has 0 atom stereocenters. The highest BCUT2D eigenvalue weighted by Gasteiger charge is 2.09. The van der Waals surface area contributed by atoms with Gasteiger partial charge in [0.25, 0.3) is 0 Å². The summed E-state index contributed by atoms with van der Waals surface area (Å²) in [5.74, 6) is 0.825. The number of hydrogen-bond donors (Lipinski definition) is 2. The maximum absolute atomic E-state index is 4.75. The lowest BCUT2D eigenvalue weighted by Gasteiger charge is -2.20. The Labute approximate surface area is 192 Å². The third kappa shape index (κ3) is 8.70. The molecule has 0 saturated carbocycles. The molecule has 29 heavy (non-hydrogen) atoms. The molecule has 1 aliphatic rings. The van der Waals surface area contributed by atoms with E-state index in [-0.39, 0.29) is 24.0 Å². The Morgan fingerprint density at radius 1 is 1.00 bits per heavy atom. The van der Waals surface area contributed by atoms with Crippen LogP contribution in [0, 0.1) is 0 Å². The molecule has 3 rings (SSSR count).